The van der Waals surface area contributed by atoms with Gasteiger partial charge in [-0.15, -0.1) is 0 Å². The van der Waals surface area contributed by atoms with Gasteiger partial charge in [0.2, 0.25) is 11.8 Å². The van der Waals surface area contributed by atoms with Crippen LogP contribution in [-0.4, -0.2) is 42.1 Å². The maximum absolute atomic E-state index is 13.1. The third-order valence-corrected chi connectivity index (χ3v) is 8.60. The van der Waals surface area contributed by atoms with Gasteiger partial charge < -0.3 is 10.2 Å². The van der Waals surface area contributed by atoms with Crippen LogP contribution in [0.1, 0.15) is 62.5 Å². The first-order chi connectivity index (χ1) is 14.5. The highest BCUT2D eigenvalue weighted by Gasteiger charge is 2.58. The Bertz CT molecular complexity index is 881. The van der Waals surface area contributed by atoms with E-state index >= 15 is 0 Å². The first kappa shape index (κ1) is 19.8. The van der Waals surface area contributed by atoms with Crippen molar-refractivity contribution in [3.05, 3.63) is 35.4 Å². The monoisotopic (exact) mass is 408 g/mol. The van der Waals surface area contributed by atoms with Crippen molar-refractivity contribution in [2.45, 2.75) is 57.8 Å². The van der Waals surface area contributed by atoms with Crippen molar-refractivity contribution in [1.82, 2.24) is 10.2 Å². The van der Waals surface area contributed by atoms with E-state index in [-0.39, 0.29) is 23.8 Å². The molecule has 5 rings (SSSR count). The summed E-state index contributed by atoms with van der Waals surface area (Å²) < 4.78 is 0. The number of fused-ring (bicyclic) bond motifs is 5. The van der Waals surface area contributed by atoms with E-state index in [1.54, 1.807) is 4.90 Å². The molecule has 4 aliphatic rings. The van der Waals surface area contributed by atoms with Gasteiger partial charge in [-0.2, -0.15) is 0 Å². The molecule has 5 nitrogen and oxygen atoms in total. The number of benzene rings is 1. The lowest BCUT2D eigenvalue weighted by Crippen LogP contribution is -2.50. The Kier molecular flexibility index (Phi) is 4.95. The van der Waals surface area contributed by atoms with E-state index in [0.29, 0.717) is 55.4 Å². The molecule has 1 aliphatic heterocycles. The summed E-state index contributed by atoms with van der Waals surface area (Å²) >= 11 is 0. The molecule has 5 heteroatoms. The minimum absolute atomic E-state index is 0.0623. The molecule has 2 amide bonds. The fourth-order valence-corrected chi connectivity index (χ4v) is 7.16. The Morgan fingerprint density at radius 1 is 1.23 bits per heavy atom. The number of ketones is 1. The normalized spacial score (nSPS) is 35.3. The Labute approximate surface area is 178 Å². The van der Waals surface area contributed by atoms with Gasteiger partial charge in [-0.05, 0) is 66.9 Å². The highest BCUT2D eigenvalue weighted by Crippen LogP contribution is 2.62. The average molecular weight is 409 g/mol. The number of hydrogen-bond donors (Lipinski definition) is 1. The third-order valence-electron chi connectivity index (χ3n) is 8.60. The molecule has 30 heavy (non-hydrogen) atoms. The summed E-state index contributed by atoms with van der Waals surface area (Å²) in [7, 11) is 0. The van der Waals surface area contributed by atoms with E-state index in [1.807, 2.05) is 0 Å². The standard InChI is InChI=1S/C25H32N2O3/c1-25-11-10-19-18-5-3-2-4-16(18)6-8-20(19)24(25)17(14-21(25)28)7-9-23(30)27-13-12-26-22(29)15-27/h2-5,17,19-20,24H,6-15H2,1H3,(H,26,29)/t17-,19?,20?,24?,25-/m1/s1. The summed E-state index contributed by atoms with van der Waals surface area (Å²) in [4.78, 5) is 39.1. The van der Waals surface area contributed by atoms with Gasteiger partial charge in [0.1, 0.15) is 5.78 Å². The summed E-state index contributed by atoms with van der Waals surface area (Å²) in [6.07, 6.45) is 6.19. The molecular formula is C25H32N2O3. The molecule has 0 spiro atoms. The van der Waals surface area contributed by atoms with Gasteiger partial charge in [-0.3, -0.25) is 14.4 Å². The number of carbonyl (C=O) groups excluding carboxylic acids is 3. The number of piperazine rings is 1. The molecule has 1 heterocycles. The number of hydrogen-bond acceptors (Lipinski definition) is 3. The van der Waals surface area contributed by atoms with E-state index in [1.165, 1.54) is 11.1 Å². The first-order valence-electron chi connectivity index (χ1n) is 11.6. The van der Waals surface area contributed by atoms with Gasteiger partial charge in [-0.25, -0.2) is 0 Å². The molecule has 1 aromatic rings. The number of nitrogens with one attached hydrogen (secondary N) is 1. The molecule has 3 aliphatic carbocycles. The van der Waals surface area contributed by atoms with E-state index in [4.69, 9.17) is 0 Å². The van der Waals surface area contributed by atoms with Crippen LogP contribution in [0.15, 0.2) is 24.3 Å². The summed E-state index contributed by atoms with van der Waals surface area (Å²) in [6, 6.07) is 8.86. The maximum atomic E-state index is 13.1. The molecule has 1 N–H and O–H groups in total. The van der Waals surface area contributed by atoms with E-state index in [0.717, 1.165) is 32.1 Å². The fraction of sp³-hybridized carbons (Fsp3) is 0.640. The van der Waals surface area contributed by atoms with Gasteiger partial charge in [0, 0.05) is 31.3 Å². The molecular weight excluding hydrogens is 376 g/mol. The van der Waals surface area contributed by atoms with Crippen LogP contribution in [0.2, 0.25) is 0 Å². The smallest absolute Gasteiger partial charge is 0.239 e. The van der Waals surface area contributed by atoms with E-state index in [2.05, 4.69) is 36.5 Å². The summed E-state index contributed by atoms with van der Waals surface area (Å²) in [5.41, 5.74) is 2.78. The third kappa shape index (κ3) is 3.17. The molecule has 1 aromatic carbocycles. The summed E-state index contributed by atoms with van der Waals surface area (Å²) in [5.74, 6) is 2.19. The number of aryl methyl sites for hydroxylation is 1. The van der Waals surface area contributed by atoms with Crippen molar-refractivity contribution in [2.75, 3.05) is 19.6 Å². The van der Waals surface area contributed by atoms with Crippen LogP contribution in [0.3, 0.4) is 0 Å². The van der Waals surface area contributed by atoms with Crippen LogP contribution >= 0.6 is 0 Å². The Morgan fingerprint density at radius 3 is 2.90 bits per heavy atom. The van der Waals surface area contributed by atoms with Crippen molar-refractivity contribution in [3.8, 4) is 0 Å². The van der Waals surface area contributed by atoms with E-state index in [9.17, 15) is 14.4 Å². The number of amides is 2. The van der Waals surface area contributed by atoms with Crippen molar-refractivity contribution in [3.63, 3.8) is 0 Å². The fourth-order valence-electron chi connectivity index (χ4n) is 7.16. The number of Topliss-reactive ketones (excluding diaryl/α,β-unsaturated/α-hetero) is 1. The Balaban J connectivity index is 1.33. The molecule has 3 unspecified atom stereocenters. The van der Waals surface area contributed by atoms with Crippen molar-refractivity contribution >= 4 is 17.6 Å². The minimum atomic E-state index is -0.216. The van der Waals surface area contributed by atoms with Crippen molar-refractivity contribution in [1.29, 1.82) is 0 Å². The second-order valence-electron chi connectivity index (χ2n) is 10.1. The van der Waals surface area contributed by atoms with Crippen LogP contribution in [-0.2, 0) is 20.8 Å². The first-order valence-corrected chi connectivity index (χ1v) is 11.6. The van der Waals surface area contributed by atoms with Gasteiger partial charge in [0.25, 0.3) is 0 Å². The maximum Gasteiger partial charge on any atom is 0.239 e. The minimum Gasteiger partial charge on any atom is -0.353 e. The lowest BCUT2D eigenvalue weighted by atomic mass is 9.54. The topological polar surface area (TPSA) is 66.5 Å². The molecule has 3 fully saturated rings. The highest BCUT2D eigenvalue weighted by atomic mass is 16.2. The zero-order chi connectivity index (χ0) is 20.9. The molecule has 0 radical (unpaired) electrons. The number of rotatable bonds is 3. The van der Waals surface area contributed by atoms with Gasteiger partial charge in [0.05, 0.1) is 6.54 Å². The lowest BCUT2D eigenvalue weighted by Gasteiger charge is -2.50. The van der Waals surface area contributed by atoms with Crippen LogP contribution < -0.4 is 5.32 Å². The molecule has 2 saturated carbocycles. The summed E-state index contributed by atoms with van der Waals surface area (Å²) in [5, 5.41) is 2.77. The van der Waals surface area contributed by atoms with Gasteiger partial charge >= 0.3 is 0 Å². The zero-order valence-corrected chi connectivity index (χ0v) is 17.9. The van der Waals surface area contributed by atoms with Crippen LogP contribution in [0.5, 0.6) is 0 Å². The molecule has 5 atom stereocenters. The van der Waals surface area contributed by atoms with Crippen LogP contribution in [0, 0.1) is 23.2 Å². The van der Waals surface area contributed by atoms with Crippen LogP contribution in [0.4, 0.5) is 0 Å². The van der Waals surface area contributed by atoms with Gasteiger partial charge in [0.15, 0.2) is 0 Å². The molecule has 0 aromatic heterocycles. The quantitative estimate of drug-likeness (QED) is 0.836. The zero-order valence-electron chi connectivity index (χ0n) is 17.9. The predicted octanol–water partition coefficient (Wildman–Crippen LogP) is 3.08. The second-order valence-corrected chi connectivity index (χ2v) is 10.1. The summed E-state index contributed by atoms with van der Waals surface area (Å²) in [6.45, 7) is 3.51. The predicted molar refractivity (Wildman–Crippen MR) is 114 cm³/mol. The molecule has 0 bridgehead atoms. The Morgan fingerprint density at radius 2 is 2.07 bits per heavy atom. The van der Waals surface area contributed by atoms with Crippen molar-refractivity contribution in [2.24, 2.45) is 23.2 Å². The van der Waals surface area contributed by atoms with Gasteiger partial charge in [-0.1, -0.05) is 31.2 Å². The second kappa shape index (κ2) is 7.51. The van der Waals surface area contributed by atoms with E-state index < -0.39 is 0 Å². The number of carbonyl (C=O) groups is 3. The SMILES string of the molecule is C[C@]12CCC3c4ccccc4CCC3C1[C@H](CCC(=O)N1CCNC(=O)C1)CC2=O. The molecule has 1 saturated heterocycles. The highest BCUT2D eigenvalue weighted by molar-refractivity contribution is 5.88. The largest absolute Gasteiger partial charge is 0.353 e. The Hall–Kier alpha value is -2.17. The van der Waals surface area contributed by atoms with Crippen LogP contribution in [0.25, 0.3) is 0 Å². The van der Waals surface area contributed by atoms with Crippen molar-refractivity contribution < 1.29 is 14.4 Å². The number of nitrogens with zero attached hydrogens (tertiary/aromatic N) is 1. The average Bonchev–Trinajstić information content (AvgIpc) is 3.02. The lowest BCUT2D eigenvalue weighted by molar-refractivity contribution is -0.138. The molecule has 160 valence electrons.